The van der Waals surface area contributed by atoms with E-state index >= 15 is 0 Å². The number of benzene rings is 1. The summed E-state index contributed by atoms with van der Waals surface area (Å²) in [5.74, 6) is 1.54. The van der Waals surface area contributed by atoms with Gasteiger partial charge in [-0.15, -0.1) is 0 Å². The Morgan fingerprint density at radius 2 is 2.06 bits per heavy atom. The molecule has 88 valence electrons. The number of anilines is 2. The molecule has 0 radical (unpaired) electrons. The first-order valence-corrected chi connectivity index (χ1v) is 6.01. The van der Waals surface area contributed by atoms with Crippen molar-refractivity contribution in [2.24, 2.45) is 0 Å². The van der Waals surface area contributed by atoms with E-state index in [9.17, 15) is 0 Å². The van der Waals surface area contributed by atoms with E-state index in [0.717, 1.165) is 23.6 Å². The number of nitrogens with one attached hydrogen (secondary N) is 1. The molecule has 0 bridgehead atoms. The molecule has 1 N–H and O–H groups in total. The molecular weight excluding hydrogens is 240 g/mol. The molecule has 0 spiro atoms. The Balaban J connectivity index is 1.84. The molecule has 0 fully saturated rings. The number of hydrogen-bond donors (Lipinski definition) is 1. The lowest BCUT2D eigenvalue weighted by atomic mass is 10.3. The Bertz CT molecular complexity index is 503. The fourth-order valence-corrected chi connectivity index (χ4v) is 1.93. The third-order valence-electron chi connectivity index (χ3n) is 2.30. The minimum Gasteiger partial charge on any atom is -0.490 e. The summed E-state index contributed by atoms with van der Waals surface area (Å²) in [6.45, 7) is 1.37. The fraction of sp³-hybridized carbons (Fsp3) is 0.300. The zero-order valence-electron chi connectivity index (χ0n) is 8.92. The minimum absolute atomic E-state index is 0.652. The van der Waals surface area contributed by atoms with E-state index in [-0.39, 0.29) is 0 Å². The summed E-state index contributed by atoms with van der Waals surface area (Å²) in [4.78, 5) is 0. The fourth-order valence-electron chi connectivity index (χ4n) is 1.55. The topological polar surface area (TPSA) is 69.2 Å². The number of aromatic nitrogens is 3. The van der Waals surface area contributed by atoms with Crippen molar-refractivity contribution in [1.82, 2.24) is 14.8 Å². The smallest absolute Gasteiger partial charge is 0.229 e. The van der Waals surface area contributed by atoms with Crippen LogP contribution in [-0.4, -0.2) is 28.0 Å². The minimum atomic E-state index is 0.652. The van der Waals surface area contributed by atoms with Crippen molar-refractivity contribution < 1.29 is 9.47 Å². The average molecular weight is 250 g/mol. The van der Waals surface area contributed by atoms with E-state index in [2.05, 4.69) is 20.1 Å². The van der Waals surface area contributed by atoms with E-state index in [1.165, 1.54) is 11.5 Å². The van der Waals surface area contributed by atoms with Gasteiger partial charge in [0.25, 0.3) is 0 Å². The van der Waals surface area contributed by atoms with Gasteiger partial charge in [0, 0.05) is 29.7 Å². The molecule has 1 aliphatic heterocycles. The molecule has 0 amide bonds. The van der Waals surface area contributed by atoms with Gasteiger partial charge >= 0.3 is 0 Å². The standard InChI is InChI=1S/C10H10N4O2S/c1-4-15-8-3-2-7(6-9(8)16-5-1)11-10-12-13-14-17-10/h2-3,6H,1,4-5H2,(H,11,12,14). The lowest BCUT2D eigenvalue weighted by molar-refractivity contribution is 0.297. The SMILES string of the molecule is c1cc2c(cc1Nc1nnns1)OCCCO2. The highest BCUT2D eigenvalue weighted by Gasteiger charge is 2.11. The summed E-state index contributed by atoms with van der Waals surface area (Å²) in [6.07, 6.45) is 0.901. The van der Waals surface area contributed by atoms with Crippen molar-refractivity contribution in [3.05, 3.63) is 18.2 Å². The van der Waals surface area contributed by atoms with E-state index in [4.69, 9.17) is 9.47 Å². The Morgan fingerprint density at radius 1 is 1.18 bits per heavy atom. The van der Waals surface area contributed by atoms with Gasteiger partial charge in [0.1, 0.15) is 0 Å². The van der Waals surface area contributed by atoms with Gasteiger partial charge in [-0.25, -0.2) is 0 Å². The largest absolute Gasteiger partial charge is 0.490 e. The summed E-state index contributed by atoms with van der Waals surface area (Å²) >= 11 is 1.20. The van der Waals surface area contributed by atoms with Crippen molar-refractivity contribution in [1.29, 1.82) is 0 Å². The van der Waals surface area contributed by atoms with E-state index in [1.807, 2.05) is 18.2 Å². The molecule has 1 aromatic carbocycles. The molecule has 0 aliphatic carbocycles. The monoisotopic (exact) mass is 250 g/mol. The quantitative estimate of drug-likeness (QED) is 0.877. The van der Waals surface area contributed by atoms with Gasteiger partial charge in [0.05, 0.1) is 13.2 Å². The van der Waals surface area contributed by atoms with Crippen LogP contribution in [0.3, 0.4) is 0 Å². The first kappa shape index (κ1) is 10.3. The first-order chi connectivity index (χ1) is 8.42. The third kappa shape index (κ3) is 2.28. The maximum absolute atomic E-state index is 5.60. The lowest BCUT2D eigenvalue weighted by Crippen LogP contribution is -1.97. The number of rotatable bonds is 2. The number of ether oxygens (including phenoxy) is 2. The summed E-state index contributed by atoms with van der Waals surface area (Å²) in [6, 6.07) is 5.69. The van der Waals surface area contributed by atoms with Crippen molar-refractivity contribution in [2.45, 2.75) is 6.42 Å². The van der Waals surface area contributed by atoms with Crippen molar-refractivity contribution in [3.8, 4) is 11.5 Å². The van der Waals surface area contributed by atoms with Gasteiger partial charge in [0.15, 0.2) is 11.5 Å². The van der Waals surface area contributed by atoms with Gasteiger partial charge in [-0.05, 0) is 17.3 Å². The second kappa shape index (κ2) is 4.54. The summed E-state index contributed by atoms with van der Waals surface area (Å²) in [7, 11) is 0. The molecule has 0 saturated heterocycles. The second-order valence-corrected chi connectivity index (χ2v) is 4.24. The van der Waals surface area contributed by atoms with Crippen molar-refractivity contribution >= 4 is 22.4 Å². The average Bonchev–Trinajstić information content (AvgIpc) is 2.73. The van der Waals surface area contributed by atoms with Crippen LogP contribution >= 0.6 is 11.5 Å². The maximum atomic E-state index is 5.60. The molecule has 0 atom stereocenters. The van der Waals surface area contributed by atoms with Crippen LogP contribution < -0.4 is 14.8 Å². The van der Waals surface area contributed by atoms with Crippen LogP contribution in [0.1, 0.15) is 6.42 Å². The summed E-state index contributed by atoms with van der Waals surface area (Å²) in [5, 5.41) is 11.1. The van der Waals surface area contributed by atoms with Crippen LogP contribution in [0.5, 0.6) is 11.5 Å². The summed E-state index contributed by atoms with van der Waals surface area (Å²) < 4.78 is 14.8. The highest BCUT2D eigenvalue weighted by Crippen LogP contribution is 2.33. The predicted molar refractivity (Wildman–Crippen MR) is 63.0 cm³/mol. The van der Waals surface area contributed by atoms with Gasteiger partial charge in [-0.2, -0.15) is 0 Å². The maximum Gasteiger partial charge on any atom is 0.229 e. The molecule has 0 unspecified atom stereocenters. The molecule has 7 heteroatoms. The van der Waals surface area contributed by atoms with Gasteiger partial charge in [0.2, 0.25) is 5.13 Å². The summed E-state index contributed by atoms with van der Waals surface area (Å²) in [5.41, 5.74) is 0.882. The van der Waals surface area contributed by atoms with Crippen LogP contribution in [0.15, 0.2) is 18.2 Å². The molecule has 1 aliphatic rings. The number of nitrogens with zero attached hydrogens (tertiary/aromatic N) is 3. The van der Waals surface area contributed by atoms with Crippen LogP contribution in [-0.2, 0) is 0 Å². The molecule has 6 nitrogen and oxygen atoms in total. The van der Waals surface area contributed by atoms with Crippen LogP contribution in [0.4, 0.5) is 10.8 Å². The van der Waals surface area contributed by atoms with E-state index < -0.39 is 0 Å². The Hall–Kier alpha value is -1.89. The Labute approximate surface area is 102 Å². The molecule has 17 heavy (non-hydrogen) atoms. The molecule has 3 rings (SSSR count). The van der Waals surface area contributed by atoms with Crippen molar-refractivity contribution in [3.63, 3.8) is 0 Å². The third-order valence-corrected chi connectivity index (χ3v) is 2.81. The number of hydrogen-bond acceptors (Lipinski definition) is 7. The molecule has 0 saturated carbocycles. The predicted octanol–water partition coefficient (Wildman–Crippen LogP) is 1.84. The molecule has 2 heterocycles. The van der Waals surface area contributed by atoms with Gasteiger partial charge < -0.3 is 14.8 Å². The molecule has 1 aromatic heterocycles. The Morgan fingerprint density at radius 3 is 2.88 bits per heavy atom. The zero-order valence-corrected chi connectivity index (χ0v) is 9.74. The van der Waals surface area contributed by atoms with E-state index in [0.29, 0.717) is 18.3 Å². The number of fused-ring (bicyclic) bond motifs is 1. The lowest BCUT2D eigenvalue weighted by Gasteiger charge is -2.09. The second-order valence-electron chi connectivity index (χ2n) is 3.50. The highest BCUT2D eigenvalue weighted by atomic mass is 32.1. The normalized spacial score (nSPS) is 14.1. The van der Waals surface area contributed by atoms with Crippen LogP contribution in [0.2, 0.25) is 0 Å². The molecular formula is C10H10N4O2S. The van der Waals surface area contributed by atoms with Gasteiger partial charge in [-0.1, -0.05) is 9.59 Å². The first-order valence-electron chi connectivity index (χ1n) is 5.23. The van der Waals surface area contributed by atoms with Crippen LogP contribution in [0.25, 0.3) is 0 Å². The highest BCUT2D eigenvalue weighted by molar-refractivity contribution is 7.09. The van der Waals surface area contributed by atoms with Gasteiger partial charge in [-0.3, -0.25) is 0 Å². The van der Waals surface area contributed by atoms with Crippen molar-refractivity contribution in [2.75, 3.05) is 18.5 Å². The zero-order chi connectivity index (χ0) is 11.5. The Kier molecular flexibility index (Phi) is 2.74. The van der Waals surface area contributed by atoms with E-state index in [1.54, 1.807) is 0 Å². The van der Waals surface area contributed by atoms with Crippen LogP contribution in [0, 0.1) is 0 Å². The molecule has 2 aromatic rings.